The van der Waals surface area contributed by atoms with Gasteiger partial charge in [0, 0.05) is 38.3 Å². The van der Waals surface area contributed by atoms with E-state index in [1.807, 2.05) is 6.92 Å². The van der Waals surface area contributed by atoms with Crippen LogP contribution in [0.25, 0.3) is 11.4 Å². The predicted octanol–water partition coefficient (Wildman–Crippen LogP) is 1.86. The third-order valence-corrected chi connectivity index (χ3v) is 4.60. The zero-order valence-corrected chi connectivity index (χ0v) is 14.1. The number of aromatic nitrogens is 2. The number of nitrogens with zero attached hydrogens (tertiary/aromatic N) is 4. The Morgan fingerprint density at radius 2 is 2.04 bits per heavy atom. The summed E-state index contributed by atoms with van der Waals surface area (Å²) in [4.78, 5) is 8.95. The van der Waals surface area contributed by atoms with E-state index in [1.54, 1.807) is 19.1 Å². The van der Waals surface area contributed by atoms with E-state index < -0.39 is 0 Å². The van der Waals surface area contributed by atoms with Crippen molar-refractivity contribution >= 4 is 0 Å². The normalized spacial score (nSPS) is 18.0. The number of benzene rings is 1. The molecule has 1 atom stereocenters. The molecule has 0 amide bonds. The van der Waals surface area contributed by atoms with Gasteiger partial charge in [-0.1, -0.05) is 17.3 Å². The fourth-order valence-electron chi connectivity index (χ4n) is 2.93. The van der Waals surface area contributed by atoms with Crippen molar-refractivity contribution in [3.63, 3.8) is 0 Å². The maximum absolute atomic E-state index is 13.7. The zero-order valence-electron chi connectivity index (χ0n) is 14.1. The van der Waals surface area contributed by atoms with E-state index in [0.717, 1.165) is 26.2 Å². The van der Waals surface area contributed by atoms with Crippen molar-refractivity contribution in [1.82, 2.24) is 19.9 Å². The summed E-state index contributed by atoms with van der Waals surface area (Å²) in [6.45, 7) is 8.26. The second kappa shape index (κ2) is 7.38. The van der Waals surface area contributed by atoms with E-state index in [1.165, 1.54) is 6.07 Å². The van der Waals surface area contributed by atoms with Gasteiger partial charge in [0.2, 0.25) is 11.7 Å². The Bertz CT molecular complexity index is 683. The van der Waals surface area contributed by atoms with E-state index in [-0.39, 0.29) is 18.5 Å². The van der Waals surface area contributed by atoms with Crippen molar-refractivity contribution in [2.75, 3.05) is 39.3 Å². The van der Waals surface area contributed by atoms with Crippen molar-refractivity contribution < 1.29 is 14.0 Å². The van der Waals surface area contributed by atoms with Crippen LogP contribution in [0.15, 0.2) is 22.7 Å². The van der Waals surface area contributed by atoms with Gasteiger partial charge in [-0.2, -0.15) is 4.98 Å². The molecule has 1 aromatic heterocycles. The van der Waals surface area contributed by atoms with Gasteiger partial charge < -0.3 is 9.63 Å². The number of rotatable bonds is 5. The van der Waals surface area contributed by atoms with Crippen molar-refractivity contribution in [2.24, 2.45) is 0 Å². The molecule has 1 N–H and O–H groups in total. The standard InChI is InChI=1S/C17H23FN4O2/c1-12-3-4-14(11-15(12)18)16-19-17(24-20-16)13(2)22-7-5-21(6-8-22)9-10-23/h3-4,11,13,23H,5-10H2,1-2H3/t13-/m0/s1. The highest BCUT2D eigenvalue weighted by molar-refractivity contribution is 5.54. The zero-order chi connectivity index (χ0) is 17.1. The van der Waals surface area contributed by atoms with Gasteiger partial charge in [-0.15, -0.1) is 0 Å². The van der Waals surface area contributed by atoms with Crippen molar-refractivity contribution in [3.05, 3.63) is 35.5 Å². The van der Waals surface area contributed by atoms with E-state index in [2.05, 4.69) is 19.9 Å². The maximum atomic E-state index is 13.7. The van der Waals surface area contributed by atoms with Crippen molar-refractivity contribution in [3.8, 4) is 11.4 Å². The Labute approximate surface area is 140 Å². The van der Waals surface area contributed by atoms with Crippen LogP contribution in [-0.4, -0.2) is 64.4 Å². The highest BCUT2D eigenvalue weighted by atomic mass is 19.1. The molecule has 24 heavy (non-hydrogen) atoms. The smallest absolute Gasteiger partial charge is 0.244 e. The average molecular weight is 334 g/mol. The van der Waals surface area contributed by atoms with Crippen LogP contribution in [0.2, 0.25) is 0 Å². The molecule has 6 nitrogen and oxygen atoms in total. The second-order valence-electron chi connectivity index (χ2n) is 6.20. The van der Waals surface area contributed by atoms with Crippen molar-refractivity contribution in [2.45, 2.75) is 19.9 Å². The molecule has 1 aromatic carbocycles. The topological polar surface area (TPSA) is 65.6 Å². The molecule has 2 heterocycles. The van der Waals surface area contributed by atoms with Gasteiger partial charge in [0.1, 0.15) is 5.82 Å². The Hall–Kier alpha value is -1.83. The second-order valence-corrected chi connectivity index (χ2v) is 6.20. The number of hydrogen-bond acceptors (Lipinski definition) is 6. The van der Waals surface area contributed by atoms with Gasteiger partial charge in [0.05, 0.1) is 12.6 Å². The fourth-order valence-corrected chi connectivity index (χ4v) is 2.93. The Kier molecular flexibility index (Phi) is 5.23. The molecule has 0 unspecified atom stereocenters. The summed E-state index contributed by atoms with van der Waals surface area (Å²) in [5, 5.41) is 13.0. The molecule has 0 spiro atoms. The lowest BCUT2D eigenvalue weighted by atomic mass is 10.1. The number of piperazine rings is 1. The van der Waals surface area contributed by atoms with Crippen LogP contribution >= 0.6 is 0 Å². The third kappa shape index (κ3) is 3.63. The first-order valence-electron chi connectivity index (χ1n) is 8.26. The first-order chi connectivity index (χ1) is 11.6. The van der Waals surface area contributed by atoms with E-state index in [0.29, 0.717) is 29.4 Å². The average Bonchev–Trinajstić information content (AvgIpc) is 3.08. The molecule has 1 saturated heterocycles. The highest BCUT2D eigenvalue weighted by Gasteiger charge is 2.25. The van der Waals surface area contributed by atoms with Crippen LogP contribution < -0.4 is 0 Å². The Morgan fingerprint density at radius 3 is 2.71 bits per heavy atom. The maximum Gasteiger partial charge on any atom is 0.244 e. The van der Waals surface area contributed by atoms with Crippen LogP contribution in [0.4, 0.5) is 4.39 Å². The lowest BCUT2D eigenvalue weighted by molar-refractivity contribution is 0.0776. The van der Waals surface area contributed by atoms with Gasteiger partial charge in [0.15, 0.2) is 0 Å². The van der Waals surface area contributed by atoms with Crippen LogP contribution in [-0.2, 0) is 0 Å². The third-order valence-electron chi connectivity index (χ3n) is 4.60. The molecule has 3 rings (SSSR count). The molecule has 1 fully saturated rings. The molecule has 7 heteroatoms. The van der Waals surface area contributed by atoms with Gasteiger partial charge in [0.25, 0.3) is 0 Å². The first-order valence-corrected chi connectivity index (χ1v) is 8.26. The summed E-state index contributed by atoms with van der Waals surface area (Å²) in [5.41, 5.74) is 1.21. The molecular weight excluding hydrogens is 311 g/mol. The van der Waals surface area contributed by atoms with E-state index >= 15 is 0 Å². The van der Waals surface area contributed by atoms with Gasteiger partial charge >= 0.3 is 0 Å². The molecule has 0 saturated carbocycles. The molecule has 1 aliphatic heterocycles. The monoisotopic (exact) mass is 334 g/mol. The van der Waals surface area contributed by atoms with Gasteiger partial charge in [-0.05, 0) is 25.5 Å². The molecule has 0 radical (unpaired) electrons. The Balaban J connectivity index is 1.68. The Morgan fingerprint density at radius 1 is 1.29 bits per heavy atom. The molecule has 0 bridgehead atoms. The minimum absolute atomic E-state index is 0.0119. The molecule has 130 valence electrons. The summed E-state index contributed by atoms with van der Waals surface area (Å²) in [6.07, 6.45) is 0. The lowest BCUT2D eigenvalue weighted by Gasteiger charge is -2.36. The van der Waals surface area contributed by atoms with E-state index in [9.17, 15) is 4.39 Å². The highest BCUT2D eigenvalue weighted by Crippen LogP contribution is 2.24. The van der Waals surface area contributed by atoms with Crippen LogP contribution in [0, 0.1) is 12.7 Å². The summed E-state index contributed by atoms with van der Waals surface area (Å²) in [7, 11) is 0. The quantitative estimate of drug-likeness (QED) is 0.900. The number of halogens is 1. The van der Waals surface area contributed by atoms with Crippen molar-refractivity contribution in [1.29, 1.82) is 0 Å². The fraction of sp³-hybridized carbons (Fsp3) is 0.529. The number of hydrogen-bond donors (Lipinski definition) is 1. The largest absolute Gasteiger partial charge is 0.395 e. The van der Waals surface area contributed by atoms with Crippen LogP contribution in [0.3, 0.4) is 0 Å². The van der Waals surface area contributed by atoms with Gasteiger partial charge in [-0.3, -0.25) is 9.80 Å². The molecule has 2 aromatic rings. The summed E-state index contributed by atoms with van der Waals surface area (Å²) < 4.78 is 19.1. The predicted molar refractivity (Wildman–Crippen MR) is 87.9 cm³/mol. The van der Waals surface area contributed by atoms with E-state index in [4.69, 9.17) is 9.63 Å². The minimum atomic E-state index is -0.271. The molecule has 0 aliphatic carbocycles. The SMILES string of the molecule is Cc1ccc(-c2noc([C@H](C)N3CCN(CCO)CC3)n2)cc1F. The van der Waals surface area contributed by atoms with Gasteiger partial charge in [-0.25, -0.2) is 4.39 Å². The molecule has 1 aliphatic rings. The van der Waals surface area contributed by atoms with Crippen LogP contribution in [0.5, 0.6) is 0 Å². The number of aliphatic hydroxyl groups is 1. The number of aryl methyl sites for hydroxylation is 1. The number of β-amino-alcohol motifs (C(OH)–C–C–N with tert-alkyl or cyclic N) is 1. The minimum Gasteiger partial charge on any atom is -0.395 e. The lowest BCUT2D eigenvalue weighted by Crippen LogP contribution is -2.47. The summed E-state index contributed by atoms with van der Waals surface area (Å²) in [6, 6.07) is 4.95. The van der Waals surface area contributed by atoms with Crippen LogP contribution in [0.1, 0.15) is 24.4 Å². The summed E-state index contributed by atoms with van der Waals surface area (Å²) >= 11 is 0. The number of aliphatic hydroxyl groups excluding tert-OH is 1. The summed E-state index contributed by atoms with van der Waals surface area (Å²) in [5.74, 6) is 0.683. The molecular formula is C17H23FN4O2. The first kappa shape index (κ1) is 17.0.